The molecule has 9 rings (SSSR count). The summed E-state index contributed by atoms with van der Waals surface area (Å²) in [4.78, 5) is 0. The normalized spacial score (nSPS) is 16.8. The van der Waals surface area contributed by atoms with Gasteiger partial charge in [0.1, 0.15) is 11.2 Å². The lowest BCUT2D eigenvalue weighted by Crippen LogP contribution is -1.90. The van der Waals surface area contributed by atoms with E-state index in [0.717, 1.165) is 21.9 Å². The topological polar surface area (TPSA) is 13.1 Å². The average Bonchev–Trinajstić information content (AvgIpc) is 3.64. The summed E-state index contributed by atoms with van der Waals surface area (Å²) in [6, 6.07) is 7.30. The van der Waals surface area contributed by atoms with Crippen molar-refractivity contribution in [2.24, 2.45) is 0 Å². The highest BCUT2D eigenvalue weighted by Gasteiger charge is 2.16. The molecule has 0 saturated heterocycles. The SMILES string of the molecule is [2H]c1c([2H])c([2H])c(-c2c3c([2H])c([2H])c([2H])c([2H])c3c(-c3c([2H])c([2H])c(-c4ccc5c(c4)oc4cc(-c6ccccc6)ccc45)c([2H])c3[2H])c3c([2H])c([2H])c([2H])c([2H])c23)c([2H])c1[2H]. The highest BCUT2D eigenvalue weighted by molar-refractivity contribution is 6.21. The predicted molar refractivity (Wildman–Crippen MR) is 190 cm³/mol. The lowest BCUT2D eigenvalue weighted by atomic mass is 9.86. The van der Waals surface area contributed by atoms with Crippen LogP contribution in [-0.2, 0) is 0 Å². The summed E-state index contributed by atoms with van der Waals surface area (Å²) >= 11 is 0. The van der Waals surface area contributed by atoms with Crippen LogP contribution in [-0.4, -0.2) is 0 Å². The Morgan fingerprint density at radius 3 is 1.31 bits per heavy atom. The second-order valence-corrected chi connectivity index (χ2v) is 10.4. The van der Waals surface area contributed by atoms with Crippen molar-refractivity contribution in [2.75, 3.05) is 0 Å². The molecule has 0 aliphatic rings. The minimum atomic E-state index is -0.825. The highest BCUT2D eigenvalue weighted by atomic mass is 16.3. The first-order valence-electron chi connectivity index (χ1n) is 22.5. The molecule has 210 valence electrons. The van der Waals surface area contributed by atoms with Gasteiger partial charge in [0.05, 0.1) is 23.3 Å². The van der Waals surface area contributed by atoms with Crippen molar-refractivity contribution >= 4 is 43.5 Å². The number of furan rings is 1. The first-order valence-corrected chi connectivity index (χ1v) is 14.0. The van der Waals surface area contributed by atoms with Gasteiger partial charge in [-0.05, 0) is 90.3 Å². The molecule has 0 fully saturated rings. The third-order valence-corrected chi connectivity index (χ3v) is 7.87. The predicted octanol–water partition coefficient (Wildman–Crippen LogP) is 12.6. The molecule has 1 aromatic heterocycles. The molecule has 0 N–H and O–H groups in total. The summed E-state index contributed by atoms with van der Waals surface area (Å²) in [5.74, 6) is 0. The molecule has 0 radical (unpaired) electrons. The maximum Gasteiger partial charge on any atom is 0.136 e. The van der Waals surface area contributed by atoms with Gasteiger partial charge in [-0.1, -0.05) is 145 Å². The van der Waals surface area contributed by atoms with Gasteiger partial charge in [-0.2, -0.15) is 0 Å². The molecule has 8 aromatic carbocycles. The van der Waals surface area contributed by atoms with Gasteiger partial charge < -0.3 is 4.42 Å². The van der Waals surface area contributed by atoms with Crippen molar-refractivity contribution in [1.82, 2.24) is 0 Å². The van der Waals surface area contributed by atoms with Crippen LogP contribution in [0.2, 0.25) is 0 Å². The monoisotopic (exact) mass is 589 g/mol. The van der Waals surface area contributed by atoms with Crippen molar-refractivity contribution in [1.29, 1.82) is 0 Å². The molecule has 0 saturated carbocycles. The zero-order valence-electron chi connectivity index (χ0n) is 40.3. The maximum atomic E-state index is 9.44. The molecule has 45 heavy (non-hydrogen) atoms. The standard InChI is InChI=1S/C44H28O/c1-3-11-29(12-4-1)33-23-25-35-36-26-24-34(28-42(36)45-41(35)27-33)30-19-21-32(22-20-30)44-39-17-9-7-15-37(39)43(31-13-5-2-6-14-31)38-16-8-10-18-40(38)44/h1-28H/i2D,5D,6D,7D,8D,9D,10D,13D,14D,15D,16D,17D,18D,19D,20D,21D,22D. The molecule has 0 atom stereocenters. The largest absolute Gasteiger partial charge is 0.456 e. The molecule has 0 bridgehead atoms. The molecule has 0 spiro atoms. The van der Waals surface area contributed by atoms with Crippen LogP contribution in [0.15, 0.2) is 174 Å². The summed E-state index contributed by atoms with van der Waals surface area (Å²) in [5.41, 5.74) is 0.803. The minimum Gasteiger partial charge on any atom is -0.456 e. The Labute approximate surface area is 285 Å². The highest BCUT2D eigenvalue weighted by Crippen LogP contribution is 2.44. The molecule has 1 nitrogen and oxygen atoms in total. The Bertz CT molecular complexity index is 3350. The second-order valence-electron chi connectivity index (χ2n) is 10.4. The smallest absolute Gasteiger partial charge is 0.136 e. The molecule has 0 unspecified atom stereocenters. The van der Waals surface area contributed by atoms with Crippen LogP contribution in [0.3, 0.4) is 0 Å². The molecular formula is C44H28O. The molecule has 0 aliphatic carbocycles. The van der Waals surface area contributed by atoms with Crippen molar-refractivity contribution in [3.8, 4) is 44.5 Å². The van der Waals surface area contributed by atoms with Crippen LogP contribution in [0.5, 0.6) is 0 Å². The van der Waals surface area contributed by atoms with Crippen LogP contribution in [0, 0.1) is 0 Å². The first kappa shape index (κ1) is 13.8. The lowest BCUT2D eigenvalue weighted by molar-refractivity contribution is 0.669. The summed E-state index contributed by atoms with van der Waals surface area (Å²) in [5, 5.41) is -0.524. The van der Waals surface area contributed by atoms with Crippen molar-refractivity contribution in [3.05, 3.63) is 169 Å². The van der Waals surface area contributed by atoms with Crippen LogP contribution in [0.4, 0.5) is 0 Å². The fourth-order valence-corrected chi connectivity index (χ4v) is 5.82. The number of benzene rings is 8. The van der Waals surface area contributed by atoms with E-state index in [0.29, 0.717) is 11.2 Å². The van der Waals surface area contributed by atoms with E-state index in [1.54, 1.807) is 18.2 Å². The average molecular weight is 590 g/mol. The zero-order chi connectivity index (χ0) is 44.5. The zero-order valence-corrected chi connectivity index (χ0v) is 23.3. The summed E-state index contributed by atoms with van der Waals surface area (Å²) < 4.78 is 158. The molecule has 1 heteroatoms. The number of rotatable bonds is 4. The van der Waals surface area contributed by atoms with Gasteiger partial charge in [-0.3, -0.25) is 0 Å². The molecular weight excluding hydrogens is 544 g/mol. The van der Waals surface area contributed by atoms with Crippen LogP contribution in [0.25, 0.3) is 88.0 Å². The van der Waals surface area contributed by atoms with E-state index in [2.05, 4.69) is 0 Å². The fraction of sp³-hybridized carbons (Fsp3) is 0. The van der Waals surface area contributed by atoms with E-state index in [-0.39, 0.29) is 11.1 Å². The van der Waals surface area contributed by atoms with Crippen LogP contribution in [0.1, 0.15) is 23.3 Å². The number of fused-ring (bicyclic) bond motifs is 5. The first-order chi connectivity index (χ1) is 29.4. The van der Waals surface area contributed by atoms with Crippen molar-refractivity contribution in [2.45, 2.75) is 0 Å². The van der Waals surface area contributed by atoms with Crippen LogP contribution >= 0.6 is 0 Å². The summed E-state index contributed by atoms with van der Waals surface area (Å²) in [7, 11) is 0. The van der Waals surface area contributed by atoms with Gasteiger partial charge in [-0.25, -0.2) is 0 Å². The van der Waals surface area contributed by atoms with Gasteiger partial charge in [-0.15, -0.1) is 0 Å². The van der Waals surface area contributed by atoms with E-state index in [4.69, 9.17) is 19.5 Å². The second kappa shape index (κ2) is 10.4. The summed E-state index contributed by atoms with van der Waals surface area (Å²) in [6.07, 6.45) is 0. The maximum absolute atomic E-state index is 9.44. The minimum absolute atomic E-state index is 0.149. The van der Waals surface area contributed by atoms with Gasteiger partial charge in [0.25, 0.3) is 0 Å². The fourth-order valence-electron chi connectivity index (χ4n) is 5.82. The lowest BCUT2D eigenvalue weighted by Gasteiger charge is -2.18. The Kier molecular flexibility index (Phi) is 3.18. The van der Waals surface area contributed by atoms with E-state index >= 15 is 0 Å². The molecule has 1 heterocycles. The van der Waals surface area contributed by atoms with Gasteiger partial charge in [0, 0.05) is 10.8 Å². The van der Waals surface area contributed by atoms with E-state index in [9.17, 15) is 8.22 Å². The van der Waals surface area contributed by atoms with Crippen molar-refractivity contribution < 1.29 is 27.7 Å². The van der Waals surface area contributed by atoms with Gasteiger partial charge >= 0.3 is 0 Å². The Morgan fingerprint density at radius 1 is 0.333 bits per heavy atom. The molecule has 9 aromatic rings. The van der Waals surface area contributed by atoms with E-state index in [1.165, 1.54) is 0 Å². The quantitative estimate of drug-likeness (QED) is 0.186. The Hall–Kier alpha value is -5.92. The Balaban J connectivity index is 1.40. The number of hydrogen-bond donors (Lipinski definition) is 0. The van der Waals surface area contributed by atoms with E-state index < -0.39 is 147 Å². The third kappa shape index (κ3) is 4.24. The van der Waals surface area contributed by atoms with Crippen molar-refractivity contribution in [3.63, 3.8) is 0 Å². The molecule has 0 amide bonds. The number of hydrogen-bond acceptors (Lipinski definition) is 1. The van der Waals surface area contributed by atoms with E-state index in [1.807, 2.05) is 48.5 Å². The Morgan fingerprint density at radius 2 is 0.778 bits per heavy atom. The van der Waals surface area contributed by atoms with Gasteiger partial charge in [0.2, 0.25) is 0 Å². The third-order valence-electron chi connectivity index (χ3n) is 7.87. The molecule has 0 aliphatic heterocycles. The van der Waals surface area contributed by atoms with Crippen LogP contribution < -0.4 is 0 Å². The van der Waals surface area contributed by atoms with Gasteiger partial charge in [0.15, 0.2) is 0 Å². The summed E-state index contributed by atoms with van der Waals surface area (Å²) in [6.45, 7) is 0.